The molecule has 0 radical (unpaired) electrons. The molecule has 0 aromatic carbocycles. The number of anilines is 1. The van der Waals surface area contributed by atoms with E-state index in [2.05, 4.69) is 21.9 Å². The third kappa shape index (κ3) is 2.51. The Hall–Kier alpha value is -1.09. The van der Waals surface area contributed by atoms with Gasteiger partial charge in [0, 0.05) is 6.04 Å². The van der Waals surface area contributed by atoms with E-state index in [-0.39, 0.29) is 6.04 Å². The number of hydrogen-bond acceptors (Lipinski definition) is 3. The van der Waals surface area contributed by atoms with Crippen molar-refractivity contribution in [1.82, 2.24) is 9.97 Å². The maximum absolute atomic E-state index is 5.63. The van der Waals surface area contributed by atoms with Crippen LogP contribution in [0.1, 0.15) is 6.92 Å². The summed E-state index contributed by atoms with van der Waals surface area (Å²) in [4.78, 5) is 7.89. The van der Waals surface area contributed by atoms with Crippen molar-refractivity contribution < 1.29 is 0 Å². The zero-order valence-corrected chi connectivity index (χ0v) is 7.54. The highest BCUT2D eigenvalue weighted by Gasteiger charge is 1.98. The molecule has 0 aliphatic rings. The van der Waals surface area contributed by atoms with Crippen molar-refractivity contribution in [3.05, 3.63) is 30.2 Å². The Morgan fingerprint density at radius 3 is 3.00 bits per heavy atom. The minimum atomic E-state index is 0.165. The smallest absolute Gasteiger partial charge is 0.149 e. The lowest BCUT2D eigenvalue weighted by Crippen LogP contribution is -2.12. The molecule has 0 saturated carbocycles. The van der Waals surface area contributed by atoms with Crippen LogP contribution in [0.3, 0.4) is 0 Å². The molecule has 4 heteroatoms. The van der Waals surface area contributed by atoms with Gasteiger partial charge in [0.05, 0.1) is 12.4 Å². The first-order chi connectivity index (χ1) is 5.72. The molecule has 0 saturated heterocycles. The Labute approximate surface area is 76.5 Å². The molecular weight excluding hydrogens is 174 g/mol. The fourth-order valence-electron chi connectivity index (χ4n) is 0.704. The lowest BCUT2D eigenvalue weighted by molar-refractivity contribution is 0.976. The Balaban J connectivity index is 2.69. The van der Waals surface area contributed by atoms with Crippen LogP contribution >= 0.6 is 11.6 Å². The van der Waals surface area contributed by atoms with Gasteiger partial charge in [-0.1, -0.05) is 17.7 Å². The zero-order chi connectivity index (χ0) is 8.97. The highest BCUT2D eigenvalue weighted by Crippen LogP contribution is 2.07. The number of hydrogen-bond donors (Lipinski definition) is 1. The van der Waals surface area contributed by atoms with E-state index < -0.39 is 0 Å². The first kappa shape index (κ1) is 9.00. The number of aromatic nitrogens is 2. The highest BCUT2D eigenvalue weighted by molar-refractivity contribution is 6.29. The van der Waals surface area contributed by atoms with Crippen LogP contribution in [0.4, 0.5) is 5.82 Å². The second-order valence-corrected chi connectivity index (χ2v) is 2.78. The minimum Gasteiger partial charge on any atom is -0.363 e. The van der Waals surface area contributed by atoms with E-state index in [0.29, 0.717) is 11.0 Å². The van der Waals surface area contributed by atoms with Gasteiger partial charge in [0.25, 0.3) is 0 Å². The van der Waals surface area contributed by atoms with Gasteiger partial charge in [-0.25, -0.2) is 4.98 Å². The average Bonchev–Trinajstić information content (AvgIpc) is 2.04. The molecule has 1 unspecified atom stereocenters. The Morgan fingerprint density at radius 1 is 1.67 bits per heavy atom. The molecule has 64 valence electrons. The monoisotopic (exact) mass is 183 g/mol. The van der Waals surface area contributed by atoms with Gasteiger partial charge in [-0.3, -0.25) is 4.98 Å². The van der Waals surface area contributed by atoms with Gasteiger partial charge in [-0.15, -0.1) is 6.58 Å². The molecule has 0 fully saturated rings. The molecule has 3 nitrogen and oxygen atoms in total. The molecule has 1 atom stereocenters. The third-order valence-electron chi connectivity index (χ3n) is 1.33. The van der Waals surface area contributed by atoms with E-state index in [4.69, 9.17) is 11.6 Å². The molecular formula is C8H10ClN3. The summed E-state index contributed by atoms with van der Waals surface area (Å²) in [6.45, 7) is 5.60. The van der Waals surface area contributed by atoms with E-state index in [1.165, 1.54) is 6.20 Å². The maximum atomic E-state index is 5.63. The zero-order valence-electron chi connectivity index (χ0n) is 6.79. The molecule has 1 aromatic heterocycles. The van der Waals surface area contributed by atoms with E-state index in [0.717, 1.165) is 0 Å². The molecule has 0 spiro atoms. The number of rotatable bonds is 3. The van der Waals surface area contributed by atoms with Gasteiger partial charge < -0.3 is 5.32 Å². The van der Waals surface area contributed by atoms with Crippen LogP contribution in [-0.2, 0) is 0 Å². The lowest BCUT2D eigenvalue weighted by Gasteiger charge is -2.08. The van der Waals surface area contributed by atoms with Crippen molar-refractivity contribution >= 4 is 17.4 Å². The van der Waals surface area contributed by atoms with E-state index in [9.17, 15) is 0 Å². The van der Waals surface area contributed by atoms with Gasteiger partial charge in [0.1, 0.15) is 11.0 Å². The molecule has 0 amide bonds. The van der Waals surface area contributed by atoms with Crippen LogP contribution in [-0.4, -0.2) is 16.0 Å². The standard InChI is InChI=1S/C8H10ClN3/c1-3-6(2)11-8-5-10-4-7(9)12-8/h3-6H,1H2,2H3,(H,11,12). The molecule has 12 heavy (non-hydrogen) atoms. The second kappa shape index (κ2) is 4.07. The summed E-state index contributed by atoms with van der Waals surface area (Å²) in [6.07, 6.45) is 4.89. The predicted octanol–water partition coefficient (Wildman–Crippen LogP) is 2.12. The SMILES string of the molecule is C=CC(C)Nc1cncc(Cl)n1. The van der Waals surface area contributed by atoms with Gasteiger partial charge >= 0.3 is 0 Å². The van der Waals surface area contributed by atoms with E-state index in [1.807, 2.05) is 6.92 Å². The Bertz CT molecular complexity index is 275. The molecule has 1 N–H and O–H groups in total. The molecule has 1 heterocycles. The van der Waals surface area contributed by atoms with Crippen LogP contribution < -0.4 is 5.32 Å². The summed E-state index contributed by atoms with van der Waals surface area (Å²) in [7, 11) is 0. The fourth-order valence-corrected chi connectivity index (χ4v) is 0.851. The van der Waals surface area contributed by atoms with Crippen LogP contribution in [0, 0.1) is 0 Å². The predicted molar refractivity (Wildman–Crippen MR) is 50.3 cm³/mol. The maximum Gasteiger partial charge on any atom is 0.149 e. The van der Waals surface area contributed by atoms with Crippen LogP contribution in [0.2, 0.25) is 5.15 Å². The molecule has 0 aliphatic carbocycles. The lowest BCUT2D eigenvalue weighted by atomic mass is 10.3. The topological polar surface area (TPSA) is 37.8 Å². The normalized spacial score (nSPS) is 12.2. The third-order valence-corrected chi connectivity index (χ3v) is 1.52. The average molecular weight is 184 g/mol. The summed E-state index contributed by atoms with van der Waals surface area (Å²) >= 11 is 5.63. The second-order valence-electron chi connectivity index (χ2n) is 2.40. The fraction of sp³-hybridized carbons (Fsp3) is 0.250. The van der Waals surface area contributed by atoms with Crippen LogP contribution in [0.5, 0.6) is 0 Å². The minimum absolute atomic E-state index is 0.165. The molecule has 0 bridgehead atoms. The van der Waals surface area contributed by atoms with Gasteiger partial charge in [-0.05, 0) is 6.92 Å². The summed E-state index contributed by atoms with van der Waals surface area (Å²) in [5.41, 5.74) is 0. The Kier molecular flexibility index (Phi) is 3.05. The van der Waals surface area contributed by atoms with E-state index >= 15 is 0 Å². The molecule has 1 rings (SSSR count). The molecule has 1 aromatic rings. The quantitative estimate of drug-likeness (QED) is 0.730. The number of nitrogens with one attached hydrogen (secondary N) is 1. The number of nitrogens with zero attached hydrogens (tertiary/aromatic N) is 2. The molecule has 0 aliphatic heterocycles. The van der Waals surface area contributed by atoms with Crippen LogP contribution in [0.15, 0.2) is 25.0 Å². The van der Waals surface area contributed by atoms with Crippen molar-refractivity contribution in [3.8, 4) is 0 Å². The van der Waals surface area contributed by atoms with Crippen molar-refractivity contribution in [2.75, 3.05) is 5.32 Å². The summed E-state index contributed by atoms with van der Waals surface area (Å²) in [5, 5.41) is 3.44. The Morgan fingerprint density at radius 2 is 2.42 bits per heavy atom. The van der Waals surface area contributed by atoms with Crippen molar-refractivity contribution in [3.63, 3.8) is 0 Å². The summed E-state index contributed by atoms with van der Waals surface area (Å²) in [5.74, 6) is 0.662. The number of halogens is 1. The largest absolute Gasteiger partial charge is 0.363 e. The van der Waals surface area contributed by atoms with E-state index in [1.54, 1.807) is 12.3 Å². The first-order valence-corrected chi connectivity index (χ1v) is 3.97. The van der Waals surface area contributed by atoms with Crippen LogP contribution in [0.25, 0.3) is 0 Å². The van der Waals surface area contributed by atoms with Gasteiger partial charge in [0.2, 0.25) is 0 Å². The van der Waals surface area contributed by atoms with Crippen molar-refractivity contribution in [2.24, 2.45) is 0 Å². The van der Waals surface area contributed by atoms with Crippen molar-refractivity contribution in [1.29, 1.82) is 0 Å². The first-order valence-electron chi connectivity index (χ1n) is 3.59. The summed E-state index contributed by atoms with van der Waals surface area (Å²) in [6, 6.07) is 0.165. The summed E-state index contributed by atoms with van der Waals surface area (Å²) < 4.78 is 0. The van der Waals surface area contributed by atoms with Gasteiger partial charge in [0.15, 0.2) is 0 Å². The van der Waals surface area contributed by atoms with Crippen molar-refractivity contribution in [2.45, 2.75) is 13.0 Å². The van der Waals surface area contributed by atoms with Gasteiger partial charge in [-0.2, -0.15) is 0 Å². The highest BCUT2D eigenvalue weighted by atomic mass is 35.5.